The van der Waals surface area contributed by atoms with Gasteiger partial charge in [0.1, 0.15) is 11.5 Å². The van der Waals surface area contributed by atoms with E-state index in [-0.39, 0.29) is 11.8 Å². The summed E-state index contributed by atoms with van der Waals surface area (Å²) < 4.78 is 9.51. The minimum atomic E-state index is 0.269. The highest BCUT2D eigenvalue weighted by molar-refractivity contribution is 7.97. The van der Waals surface area contributed by atoms with Crippen LogP contribution >= 0.6 is 11.9 Å². The first-order valence-electron chi connectivity index (χ1n) is 8.28. The molecule has 1 N–H and O–H groups in total. The largest absolute Gasteiger partial charge is 0.490 e. The second kappa shape index (κ2) is 9.21. The van der Waals surface area contributed by atoms with Crippen LogP contribution in [-0.2, 0) is 4.79 Å². The quantitative estimate of drug-likeness (QED) is 0.529. The van der Waals surface area contributed by atoms with Gasteiger partial charge < -0.3 is 9.53 Å². The molecule has 0 amide bonds. The molecule has 1 fully saturated rings. The summed E-state index contributed by atoms with van der Waals surface area (Å²) in [5.74, 6) is 2.22. The fourth-order valence-electron chi connectivity index (χ4n) is 2.70. The predicted molar refractivity (Wildman–Crippen MR) is 93.2 cm³/mol. The second-order valence-electron chi connectivity index (χ2n) is 6.09. The van der Waals surface area contributed by atoms with Crippen molar-refractivity contribution in [2.45, 2.75) is 64.5 Å². The topological polar surface area (TPSA) is 38.3 Å². The summed E-state index contributed by atoms with van der Waals surface area (Å²) in [6.45, 7) is 3.81. The average Bonchev–Trinajstić information content (AvgIpc) is 2.99. The molecule has 1 aromatic rings. The third-order valence-corrected chi connectivity index (χ3v) is 5.01. The van der Waals surface area contributed by atoms with E-state index in [4.69, 9.17) is 4.74 Å². The van der Waals surface area contributed by atoms with Crippen molar-refractivity contribution in [3.8, 4) is 5.75 Å². The normalized spacial score (nSPS) is 16.6. The van der Waals surface area contributed by atoms with Crippen molar-refractivity contribution in [1.29, 1.82) is 0 Å². The number of carbonyl (C=O) groups excluding carboxylic acids is 1. The molecule has 4 heteroatoms. The summed E-state index contributed by atoms with van der Waals surface area (Å²) in [6, 6.07) is 8.67. The van der Waals surface area contributed by atoms with Gasteiger partial charge in [-0.15, -0.1) is 0 Å². The molecule has 122 valence electrons. The van der Waals surface area contributed by atoms with Gasteiger partial charge in [-0.05, 0) is 63.6 Å². The zero-order chi connectivity index (χ0) is 15.8. The summed E-state index contributed by atoms with van der Waals surface area (Å²) in [4.78, 5) is 10.9. The minimum Gasteiger partial charge on any atom is -0.490 e. The van der Waals surface area contributed by atoms with E-state index >= 15 is 0 Å². The highest BCUT2D eigenvalue weighted by atomic mass is 32.2. The summed E-state index contributed by atoms with van der Waals surface area (Å²) in [5, 5.41) is 0. The molecule has 0 bridgehead atoms. The standard InChI is InChI=1S/C18H27NO2S/c1-14(20)7-6-12-22-19-15(2)16-8-5-11-18(13-16)21-17-9-3-4-10-17/h5,8,11,13,15,17,19H,3-4,6-7,9-10,12H2,1-2H3. The molecule has 1 saturated carbocycles. The van der Waals surface area contributed by atoms with Crippen LogP contribution in [0.25, 0.3) is 0 Å². The molecule has 0 radical (unpaired) electrons. The van der Waals surface area contributed by atoms with Gasteiger partial charge in [0.2, 0.25) is 0 Å². The number of ether oxygens (including phenoxy) is 1. The van der Waals surface area contributed by atoms with Crippen molar-refractivity contribution in [1.82, 2.24) is 4.72 Å². The van der Waals surface area contributed by atoms with Crippen LogP contribution in [0.2, 0.25) is 0 Å². The SMILES string of the molecule is CC(=O)CCCSNC(C)c1cccc(OC2CCCC2)c1. The summed E-state index contributed by atoms with van der Waals surface area (Å²) in [5.41, 5.74) is 1.24. The van der Waals surface area contributed by atoms with E-state index < -0.39 is 0 Å². The van der Waals surface area contributed by atoms with Crippen LogP contribution in [0, 0.1) is 0 Å². The van der Waals surface area contributed by atoms with Crippen molar-refractivity contribution in [3.05, 3.63) is 29.8 Å². The van der Waals surface area contributed by atoms with Crippen molar-refractivity contribution in [2.24, 2.45) is 0 Å². The third-order valence-electron chi connectivity index (χ3n) is 4.00. The number of ketones is 1. The number of hydrogen-bond donors (Lipinski definition) is 1. The van der Waals surface area contributed by atoms with E-state index in [1.165, 1.54) is 31.2 Å². The summed E-state index contributed by atoms with van der Waals surface area (Å²) >= 11 is 1.69. The Balaban J connectivity index is 1.76. The van der Waals surface area contributed by atoms with Gasteiger partial charge in [0.15, 0.2) is 0 Å². The van der Waals surface area contributed by atoms with Gasteiger partial charge in [0.05, 0.1) is 6.10 Å². The molecule has 1 aliphatic rings. The molecule has 3 nitrogen and oxygen atoms in total. The van der Waals surface area contributed by atoms with Crippen LogP contribution in [-0.4, -0.2) is 17.6 Å². The van der Waals surface area contributed by atoms with Crippen LogP contribution < -0.4 is 9.46 Å². The van der Waals surface area contributed by atoms with Gasteiger partial charge in [0, 0.05) is 18.2 Å². The highest BCUT2D eigenvalue weighted by Gasteiger charge is 2.16. The van der Waals surface area contributed by atoms with Crippen LogP contribution in [0.3, 0.4) is 0 Å². The van der Waals surface area contributed by atoms with Gasteiger partial charge in [-0.3, -0.25) is 4.72 Å². The smallest absolute Gasteiger partial charge is 0.129 e. The number of nitrogens with one attached hydrogen (secondary N) is 1. The lowest BCUT2D eigenvalue weighted by Gasteiger charge is -2.17. The van der Waals surface area contributed by atoms with E-state index in [2.05, 4.69) is 35.9 Å². The Morgan fingerprint density at radius 2 is 2.18 bits per heavy atom. The highest BCUT2D eigenvalue weighted by Crippen LogP contribution is 2.26. The lowest BCUT2D eigenvalue weighted by molar-refractivity contribution is -0.117. The number of Topliss-reactive ketones (excluding diaryl/α,β-unsaturated/α-hetero) is 1. The van der Waals surface area contributed by atoms with E-state index in [0.29, 0.717) is 12.5 Å². The fourth-order valence-corrected chi connectivity index (χ4v) is 3.49. The number of hydrogen-bond acceptors (Lipinski definition) is 4. The minimum absolute atomic E-state index is 0.269. The van der Waals surface area contributed by atoms with E-state index in [0.717, 1.165) is 17.9 Å². The van der Waals surface area contributed by atoms with Crippen molar-refractivity contribution in [2.75, 3.05) is 5.75 Å². The Hall–Kier alpha value is -1.00. The zero-order valence-corrected chi connectivity index (χ0v) is 14.5. The zero-order valence-electron chi connectivity index (χ0n) is 13.6. The number of benzene rings is 1. The monoisotopic (exact) mass is 321 g/mol. The predicted octanol–water partition coefficient (Wildman–Crippen LogP) is 4.68. The van der Waals surface area contributed by atoms with Gasteiger partial charge >= 0.3 is 0 Å². The first-order valence-corrected chi connectivity index (χ1v) is 9.27. The van der Waals surface area contributed by atoms with Gasteiger partial charge in [-0.1, -0.05) is 24.1 Å². The fraction of sp³-hybridized carbons (Fsp3) is 0.611. The Bertz CT molecular complexity index is 472. The van der Waals surface area contributed by atoms with Gasteiger partial charge in [-0.25, -0.2) is 0 Å². The first-order chi connectivity index (χ1) is 10.6. The molecule has 22 heavy (non-hydrogen) atoms. The summed E-state index contributed by atoms with van der Waals surface area (Å²) in [7, 11) is 0. The van der Waals surface area contributed by atoms with Gasteiger partial charge in [-0.2, -0.15) is 0 Å². The van der Waals surface area contributed by atoms with Crippen molar-refractivity contribution in [3.63, 3.8) is 0 Å². The van der Waals surface area contributed by atoms with E-state index in [9.17, 15) is 4.79 Å². The van der Waals surface area contributed by atoms with Crippen LogP contribution in [0.4, 0.5) is 0 Å². The maximum absolute atomic E-state index is 10.9. The second-order valence-corrected chi connectivity index (χ2v) is 7.02. The number of rotatable bonds is 9. The lowest BCUT2D eigenvalue weighted by Crippen LogP contribution is -2.13. The third kappa shape index (κ3) is 6.01. The van der Waals surface area contributed by atoms with E-state index in [1.807, 2.05) is 0 Å². The Kier molecular flexibility index (Phi) is 7.26. The molecule has 1 aliphatic carbocycles. The molecular weight excluding hydrogens is 294 g/mol. The molecule has 0 saturated heterocycles. The molecule has 1 atom stereocenters. The average molecular weight is 321 g/mol. The number of carbonyl (C=O) groups is 1. The molecule has 1 aromatic carbocycles. The lowest BCUT2D eigenvalue weighted by atomic mass is 10.1. The molecule has 2 rings (SSSR count). The van der Waals surface area contributed by atoms with Crippen molar-refractivity contribution >= 4 is 17.7 Å². The molecule has 0 aromatic heterocycles. The van der Waals surface area contributed by atoms with Crippen LogP contribution in [0.5, 0.6) is 5.75 Å². The maximum Gasteiger partial charge on any atom is 0.129 e. The maximum atomic E-state index is 10.9. The Labute approximate surface area is 138 Å². The first kappa shape index (κ1) is 17.4. The molecule has 0 aliphatic heterocycles. The van der Waals surface area contributed by atoms with Crippen LogP contribution in [0.1, 0.15) is 64.0 Å². The molecule has 0 heterocycles. The van der Waals surface area contributed by atoms with Crippen LogP contribution in [0.15, 0.2) is 24.3 Å². The molecule has 1 unspecified atom stereocenters. The molecular formula is C18H27NO2S. The summed E-state index contributed by atoms with van der Waals surface area (Å²) in [6.07, 6.45) is 6.96. The molecule has 0 spiro atoms. The van der Waals surface area contributed by atoms with Gasteiger partial charge in [0.25, 0.3) is 0 Å². The Morgan fingerprint density at radius 3 is 2.91 bits per heavy atom. The van der Waals surface area contributed by atoms with E-state index in [1.54, 1.807) is 18.9 Å². The Morgan fingerprint density at radius 1 is 1.41 bits per heavy atom. The van der Waals surface area contributed by atoms with Crippen molar-refractivity contribution < 1.29 is 9.53 Å².